The van der Waals surface area contributed by atoms with Gasteiger partial charge in [-0.2, -0.15) is 0 Å². The second-order valence-corrected chi connectivity index (χ2v) is 7.33. The fourth-order valence-corrected chi connectivity index (χ4v) is 3.06. The second-order valence-electron chi connectivity index (χ2n) is 7.33. The highest BCUT2D eigenvalue weighted by molar-refractivity contribution is 5.76. The number of amides is 1. The molecule has 1 aromatic heterocycles. The predicted molar refractivity (Wildman–Crippen MR) is 107 cm³/mol. The van der Waals surface area contributed by atoms with Crippen molar-refractivity contribution in [1.29, 1.82) is 0 Å². The Morgan fingerprint density at radius 3 is 2.28 bits per heavy atom. The Hall–Kier alpha value is -3.02. The molecule has 152 valence electrons. The summed E-state index contributed by atoms with van der Waals surface area (Å²) in [5.74, 6) is -0.869. The average molecular weight is 398 g/mol. The molecular formula is C23H24F2N2O2. The number of aryl methyl sites for hydroxylation is 1. The molecular weight excluding hydrogens is 374 g/mol. The summed E-state index contributed by atoms with van der Waals surface area (Å²) in [5, 5.41) is 2.94. The number of carbonyl (C=O) groups is 1. The molecule has 0 fully saturated rings. The van der Waals surface area contributed by atoms with Crippen molar-refractivity contribution in [3.8, 4) is 11.3 Å². The average Bonchev–Trinajstić information content (AvgIpc) is 3.15. The van der Waals surface area contributed by atoms with Gasteiger partial charge in [-0.15, -0.1) is 0 Å². The fraction of sp³-hybridized carbons (Fsp3) is 0.304. The SMILES string of the molecule is CC(C)c1ccc([C@H](C)NC(=O)CCc2ncc(-c3c(F)cccc3F)o2)cc1. The van der Waals surface area contributed by atoms with Crippen molar-refractivity contribution >= 4 is 5.91 Å². The molecule has 0 saturated carbocycles. The van der Waals surface area contributed by atoms with Crippen LogP contribution in [-0.2, 0) is 11.2 Å². The molecule has 0 saturated heterocycles. The molecule has 0 bridgehead atoms. The van der Waals surface area contributed by atoms with Crippen molar-refractivity contribution in [2.75, 3.05) is 0 Å². The van der Waals surface area contributed by atoms with Crippen molar-refractivity contribution in [3.63, 3.8) is 0 Å². The lowest BCUT2D eigenvalue weighted by Crippen LogP contribution is -2.26. The van der Waals surface area contributed by atoms with E-state index in [4.69, 9.17) is 4.42 Å². The van der Waals surface area contributed by atoms with Crippen LogP contribution in [0.1, 0.15) is 56.2 Å². The van der Waals surface area contributed by atoms with Crippen LogP contribution in [-0.4, -0.2) is 10.9 Å². The smallest absolute Gasteiger partial charge is 0.220 e. The van der Waals surface area contributed by atoms with E-state index in [1.165, 1.54) is 17.8 Å². The lowest BCUT2D eigenvalue weighted by molar-refractivity contribution is -0.121. The van der Waals surface area contributed by atoms with Gasteiger partial charge in [-0.05, 0) is 36.1 Å². The first kappa shape index (κ1) is 20.7. The van der Waals surface area contributed by atoms with E-state index in [9.17, 15) is 13.6 Å². The van der Waals surface area contributed by atoms with Crippen LogP contribution in [0.4, 0.5) is 8.78 Å². The summed E-state index contributed by atoms with van der Waals surface area (Å²) in [6.07, 6.45) is 1.67. The molecule has 0 spiro atoms. The Bertz CT molecular complexity index is 961. The normalized spacial score (nSPS) is 12.2. The summed E-state index contributed by atoms with van der Waals surface area (Å²) in [4.78, 5) is 16.3. The van der Waals surface area contributed by atoms with Gasteiger partial charge in [0, 0.05) is 12.8 Å². The highest BCUT2D eigenvalue weighted by Crippen LogP contribution is 2.27. The van der Waals surface area contributed by atoms with Gasteiger partial charge in [0.1, 0.15) is 11.6 Å². The topological polar surface area (TPSA) is 55.1 Å². The minimum Gasteiger partial charge on any atom is -0.441 e. The zero-order valence-electron chi connectivity index (χ0n) is 16.7. The van der Waals surface area contributed by atoms with Crippen LogP contribution in [0.5, 0.6) is 0 Å². The molecule has 1 amide bonds. The molecule has 6 heteroatoms. The van der Waals surface area contributed by atoms with E-state index in [-0.39, 0.29) is 42.0 Å². The summed E-state index contributed by atoms with van der Waals surface area (Å²) in [6, 6.07) is 11.6. The summed E-state index contributed by atoms with van der Waals surface area (Å²) in [5.41, 5.74) is 2.02. The van der Waals surface area contributed by atoms with Gasteiger partial charge < -0.3 is 9.73 Å². The van der Waals surface area contributed by atoms with Gasteiger partial charge >= 0.3 is 0 Å². The third-order valence-electron chi connectivity index (χ3n) is 4.81. The Morgan fingerprint density at radius 2 is 1.66 bits per heavy atom. The third kappa shape index (κ3) is 5.08. The number of benzene rings is 2. The minimum atomic E-state index is -0.720. The fourth-order valence-electron chi connectivity index (χ4n) is 3.06. The molecule has 0 radical (unpaired) electrons. The van der Waals surface area contributed by atoms with E-state index < -0.39 is 11.6 Å². The van der Waals surface area contributed by atoms with Gasteiger partial charge in [-0.25, -0.2) is 13.8 Å². The van der Waals surface area contributed by atoms with Gasteiger partial charge in [0.15, 0.2) is 11.7 Å². The van der Waals surface area contributed by atoms with E-state index in [0.717, 1.165) is 17.7 Å². The summed E-state index contributed by atoms with van der Waals surface area (Å²) < 4.78 is 33.1. The third-order valence-corrected chi connectivity index (χ3v) is 4.81. The Kier molecular flexibility index (Phi) is 6.42. The maximum absolute atomic E-state index is 13.8. The number of rotatable bonds is 7. The molecule has 1 heterocycles. The molecule has 3 aromatic rings. The van der Waals surface area contributed by atoms with Crippen molar-refractivity contribution in [2.45, 2.75) is 45.6 Å². The molecule has 3 rings (SSSR count). The van der Waals surface area contributed by atoms with Crippen molar-refractivity contribution < 1.29 is 18.0 Å². The van der Waals surface area contributed by atoms with Crippen LogP contribution in [0.15, 0.2) is 53.1 Å². The Morgan fingerprint density at radius 1 is 1.03 bits per heavy atom. The second kappa shape index (κ2) is 8.99. The lowest BCUT2D eigenvalue weighted by atomic mass is 9.99. The van der Waals surface area contributed by atoms with E-state index in [2.05, 4.69) is 36.3 Å². The van der Waals surface area contributed by atoms with E-state index in [0.29, 0.717) is 5.92 Å². The van der Waals surface area contributed by atoms with Crippen LogP contribution in [0.2, 0.25) is 0 Å². The number of aromatic nitrogens is 1. The molecule has 0 aliphatic heterocycles. The van der Waals surface area contributed by atoms with Gasteiger partial charge in [0.2, 0.25) is 5.91 Å². The van der Waals surface area contributed by atoms with Crippen LogP contribution in [0, 0.1) is 11.6 Å². The maximum atomic E-state index is 13.8. The maximum Gasteiger partial charge on any atom is 0.220 e. The molecule has 1 atom stereocenters. The van der Waals surface area contributed by atoms with Gasteiger partial charge in [0.05, 0.1) is 17.8 Å². The Balaban J connectivity index is 1.56. The Labute approximate surface area is 169 Å². The van der Waals surface area contributed by atoms with Crippen LogP contribution < -0.4 is 5.32 Å². The number of hydrogen-bond donors (Lipinski definition) is 1. The monoisotopic (exact) mass is 398 g/mol. The van der Waals surface area contributed by atoms with Gasteiger partial charge in [-0.1, -0.05) is 44.2 Å². The predicted octanol–water partition coefficient (Wildman–Crippen LogP) is 5.55. The molecule has 2 aromatic carbocycles. The first-order chi connectivity index (χ1) is 13.8. The highest BCUT2D eigenvalue weighted by atomic mass is 19.1. The first-order valence-electron chi connectivity index (χ1n) is 9.63. The summed E-state index contributed by atoms with van der Waals surface area (Å²) in [6.45, 7) is 6.19. The molecule has 0 aliphatic rings. The van der Waals surface area contributed by atoms with Crippen molar-refractivity contribution in [2.24, 2.45) is 0 Å². The summed E-state index contributed by atoms with van der Waals surface area (Å²) in [7, 11) is 0. The summed E-state index contributed by atoms with van der Waals surface area (Å²) >= 11 is 0. The van der Waals surface area contributed by atoms with E-state index in [1.54, 1.807) is 0 Å². The van der Waals surface area contributed by atoms with Crippen molar-refractivity contribution in [3.05, 3.63) is 77.3 Å². The van der Waals surface area contributed by atoms with Crippen LogP contribution in [0.3, 0.4) is 0 Å². The standard InChI is InChI=1S/C23H24F2N2O2/c1-14(2)16-7-9-17(10-8-16)15(3)27-21(28)11-12-22-26-13-20(29-22)23-18(24)5-4-6-19(23)25/h4-10,13-15H,11-12H2,1-3H3,(H,27,28)/t15-/m0/s1. The largest absolute Gasteiger partial charge is 0.441 e. The molecule has 0 unspecified atom stereocenters. The van der Waals surface area contributed by atoms with Crippen LogP contribution in [0.25, 0.3) is 11.3 Å². The number of halogens is 2. The quantitative estimate of drug-likeness (QED) is 0.567. The zero-order valence-corrected chi connectivity index (χ0v) is 16.7. The molecule has 1 N–H and O–H groups in total. The van der Waals surface area contributed by atoms with Crippen molar-refractivity contribution in [1.82, 2.24) is 10.3 Å². The van der Waals surface area contributed by atoms with E-state index in [1.807, 2.05) is 19.1 Å². The number of nitrogens with zero attached hydrogens (tertiary/aromatic N) is 1. The lowest BCUT2D eigenvalue weighted by Gasteiger charge is -2.15. The highest BCUT2D eigenvalue weighted by Gasteiger charge is 2.17. The number of hydrogen-bond acceptors (Lipinski definition) is 3. The van der Waals surface area contributed by atoms with Gasteiger partial charge in [0.25, 0.3) is 0 Å². The zero-order chi connectivity index (χ0) is 21.0. The molecule has 29 heavy (non-hydrogen) atoms. The minimum absolute atomic E-state index is 0.00891. The number of carbonyl (C=O) groups excluding carboxylic acids is 1. The van der Waals surface area contributed by atoms with Gasteiger partial charge in [-0.3, -0.25) is 4.79 Å². The molecule has 4 nitrogen and oxygen atoms in total. The number of nitrogens with one attached hydrogen (secondary N) is 1. The van der Waals surface area contributed by atoms with E-state index >= 15 is 0 Å². The molecule has 0 aliphatic carbocycles. The first-order valence-corrected chi connectivity index (χ1v) is 9.63. The van der Waals surface area contributed by atoms with Crippen LogP contribution >= 0.6 is 0 Å². The number of oxazole rings is 1.